The molecular weight excluding hydrogens is 230 g/mol. The third-order valence-corrected chi connectivity index (χ3v) is 3.01. The van der Waals surface area contributed by atoms with E-state index in [4.69, 9.17) is 9.66 Å². The van der Waals surface area contributed by atoms with E-state index >= 15 is 0 Å². The zero-order valence-corrected chi connectivity index (χ0v) is 9.73. The highest BCUT2D eigenvalue weighted by atomic mass is 32.2. The highest BCUT2D eigenvalue weighted by molar-refractivity contribution is 7.85. The molecule has 0 aliphatic heterocycles. The summed E-state index contributed by atoms with van der Waals surface area (Å²) in [6.07, 6.45) is 2.72. The quantitative estimate of drug-likeness (QED) is 0.537. The van der Waals surface area contributed by atoms with Gasteiger partial charge in [-0.2, -0.15) is 8.42 Å². The molecule has 0 amide bonds. The second kappa shape index (κ2) is 5.93. The van der Waals surface area contributed by atoms with Crippen LogP contribution >= 0.6 is 0 Å². The lowest BCUT2D eigenvalue weighted by atomic mass is 10.2. The fourth-order valence-electron chi connectivity index (χ4n) is 1.49. The lowest BCUT2D eigenvalue weighted by Crippen LogP contribution is -2.39. The number of hydrogen-bond acceptors (Lipinski definition) is 3. The van der Waals surface area contributed by atoms with Gasteiger partial charge in [-0.25, -0.2) is 4.57 Å². The second-order valence-corrected chi connectivity index (χ2v) is 5.07. The summed E-state index contributed by atoms with van der Waals surface area (Å²) in [5.41, 5.74) is 0.945. The SMILES string of the molecule is O=S(=O)(O)CCC[n+]1ccccc1CCO. The summed E-state index contributed by atoms with van der Waals surface area (Å²) in [5.74, 6) is -0.243. The standard InChI is InChI=1S/C10H15NO4S/c12-8-5-10-4-1-2-6-11(10)7-3-9-16(13,14)15/h1-2,4,6,12H,3,5,7-9H2/p+1. The van der Waals surface area contributed by atoms with E-state index in [-0.39, 0.29) is 12.4 Å². The first kappa shape index (κ1) is 13.1. The van der Waals surface area contributed by atoms with E-state index in [9.17, 15) is 8.42 Å². The first-order valence-corrected chi connectivity index (χ1v) is 6.67. The lowest BCUT2D eigenvalue weighted by molar-refractivity contribution is -0.704. The minimum absolute atomic E-state index is 0.0578. The zero-order chi connectivity index (χ0) is 12.0. The first-order chi connectivity index (χ1) is 7.53. The Morgan fingerprint density at radius 3 is 2.69 bits per heavy atom. The van der Waals surface area contributed by atoms with E-state index in [1.807, 2.05) is 29.0 Å². The number of aliphatic hydroxyl groups excluding tert-OH is 1. The summed E-state index contributed by atoms with van der Waals surface area (Å²) >= 11 is 0. The van der Waals surface area contributed by atoms with E-state index < -0.39 is 10.1 Å². The van der Waals surface area contributed by atoms with Gasteiger partial charge in [-0.05, 0) is 0 Å². The molecule has 0 aliphatic carbocycles. The Hall–Kier alpha value is -0.980. The fraction of sp³-hybridized carbons (Fsp3) is 0.500. The molecule has 0 aliphatic rings. The molecule has 0 radical (unpaired) electrons. The predicted octanol–water partition coefficient (Wildman–Crippen LogP) is -0.213. The molecule has 1 heterocycles. The van der Waals surface area contributed by atoms with Crippen molar-refractivity contribution in [3.8, 4) is 0 Å². The van der Waals surface area contributed by atoms with Crippen LogP contribution in [0.3, 0.4) is 0 Å². The third kappa shape index (κ3) is 4.69. The van der Waals surface area contributed by atoms with Crippen molar-refractivity contribution in [1.82, 2.24) is 0 Å². The highest BCUT2D eigenvalue weighted by Crippen LogP contribution is 1.95. The Morgan fingerprint density at radius 1 is 1.31 bits per heavy atom. The minimum atomic E-state index is -3.88. The van der Waals surface area contributed by atoms with E-state index in [0.29, 0.717) is 19.4 Å². The third-order valence-electron chi connectivity index (χ3n) is 2.20. The molecule has 0 atom stereocenters. The van der Waals surface area contributed by atoms with Crippen LogP contribution in [-0.4, -0.2) is 30.4 Å². The molecular formula is C10H16NO4S+. The Kier molecular flexibility index (Phi) is 4.85. The molecule has 0 saturated heterocycles. The van der Waals surface area contributed by atoms with Crippen molar-refractivity contribution >= 4 is 10.1 Å². The Balaban J connectivity index is 2.59. The summed E-state index contributed by atoms with van der Waals surface area (Å²) in [6, 6.07) is 5.59. The summed E-state index contributed by atoms with van der Waals surface area (Å²) in [6.45, 7) is 0.568. The van der Waals surface area contributed by atoms with Crippen molar-refractivity contribution in [2.24, 2.45) is 0 Å². The molecule has 1 aromatic rings. The Labute approximate surface area is 95.1 Å². The maximum absolute atomic E-state index is 10.5. The van der Waals surface area contributed by atoms with Gasteiger partial charge < -0.3 is 5.11 Å². The smallest absolute Gasteiger partial charge is 0.265 e. The zero-order valence-electron chi connectivity index (χ0n) is 8.91. The number of aromatic nitrogens is 1. The van der Waals surface area contributed by atoms with Crippen LogP contribution < -0.4 is 4.57 Å². The molecule has 6 heteroatoms. The molecule has 0 aromatic carbocycles. The van der Waals surface area contributed by atoms with Crippen LogP contribution in [0, 0.1) is 0 Å². The molecule has 2 N–H and O–H groups in total. The van der Waals surface area contributed by atoms with Gasteiger partial charge in [0.1, 0.15) is 6.54 Å². The van der Waals surface area contributed by atoms with Gasteiger partial charge in [0.2, 0.25) is 0 Å². The van der Waals surface area contributed by atoms with Crippen LogP contribution in [0.1, 0.15) is 12.1 Å². The predicted molar refractivity (Wildman–Crippen MR) is 58.5 cm³/mol. The average Bonchev–Trinajstić information content (AvgIpc) is 2.19. The largest absolute Gasteiger partial charge is 0.396 e. The maximum Gasteiger partial charge on any atom is 0.265 e. The minimum Gasteiger partial charge on any atom is -0.396 e. The van der Waals surface area contributed by atoms with Crippen molar-refractivity contribution in [1.29, 1.82) is 0 Å². The number of aliphatic hydroxyl groups is 1. The summed E-state index contributed by atoms with van der Waals surface area (Å²) in [5, 5.41) is 8.85. The molecule has 0 bridgehead atoms. The number of aryl methyl sites for hydroxylation is 1. The van der Waals surface area contributed by atoms with Crippen LogP contribution in [0.25, 0.3) is 0 Å². The van der Waals surface area contributed by atoms with Gasteiger partial charge >= 0.3 is 0 Å². The van der Waals surface area contributed by atoms with Gasteiger partial charge in [-0.15, -0.1) is 0 Å². The topological polar surface area (TPSA) is 78.5 Å². The fourth-order valence-corrected chi connectivity index (χ4v) is 1.98. The average molecular weight is 246 g/mol. The van der Waals surface area contributed by atoms with Crippen LogP contribution in [0.5, 0.6) is 0 Å². The van der Waals surface area contributed by atoms with Gasteiger partial charge in [0.15, 0.2) is 11.9 Å². The summed E-state index contributed by atoms with van der Waals surface area (Å²) in [7, 11) is -3.88. The van der Waals surface area contributed by atoms with Gasteiger partial charge in [0.25, 0.3) is 10.1 Å². The summed E-state index contributed by atoms with van der Waals surface area (Å²) in [4.78, 5) is 0. The van der Waals surface area contributed by atoms with Crippen LogP contribution in [-0.2, 0) is 23.1 Å². The maximum atomic E-state index is 10.5. The van der Waals surface area contributed by atoms with Crippen molar-refractivity contribution < 1.29 is 22.6 Å². The molecule has 16 heavy (non-hydrogen) atoms. The molecule has 1 aromatic heterocycles. The highest BCUT2D eigenvalue weighted by Gasteiger charge is 2.11. The van der Waals surface area contributed by atoms with E-state index in [1.54, 1.807) is 0 Å². The van der Waals surface area contributed by atoms with E-state index in [2.05, 4.69) is 0 Å². The monoisotopic (exact) mass is 246 g/mol. The van der Waals surface area contributed by atoms with Crippen LogP contribution in [0.2, 0.25) is 0 Å². The molecule has 5 nitrogen and oxygen atoms in total. The van der Waals surface area contributed by atoms with Gasteiger partial charge in [-0.3, -0.25) is 4.55 Å². The molecule has 0 saturated carbocycles. The normalized spacial score (nSPS) is 11.6. The first-order valence-electron chi connectivity index (χ1n) is 5.06. The summed E-state index contributed by atoms with van der Waals surface area (Å²) < 4.78 is 31.5. The number of hydrogen-bond donors (Lipinski definition) is 2. The molecule has 0 fully saturated rings. The van der Waals surface area contributed by atoms with E-state index in [1.165, 1.54) is 0 Å². The van der Waals surface area contributed by atoms with E-state index in [0.717, 1.165) is 5.69 Å². The Bertz CT molecular complexity index is 430. The molecule has 90 valence electrons. The number of rotatable bonds is 6. The van der Waals surface area contributed by atoms with Gasteiger partial charge in [-0.1, -0.05) is 6.07 Å². The second-order valence-electron chi connectivity index (χ2n) is 3.50. The van der Waals surface area contributed by atoms with Crippen molar-refractivity contribution in [2.45, 2.75) is 19.4 Å². The molecule has 0 spiro atoms. The van der Waals surface area contributed by atoms with Crippen molar-refractivity contribution in [3.05, 3.63) is 30.1 Å². The van der Waals surface area contributed by atoms with Gasteiger partial charge in [0.05, 0.1) is 18.8 Å². The molecule has 0 unspecified atom stereocenters. The lowest BCUT2D eigenvalue weighted by Gasteiger charge is -2.01. The molecule has 1 rings (SSSR count). The Morgan fingerprint density at radius 2 is 2.06 bits per heavy atom. The van der Waals surface area contributed by atoms with Crippen molar-refractivity contribution in [2.75, 3.05) is 12.4 Å². The number of nitrogens with zero attached hydrogens (tertiary/aromatic N) is 1. The number of pyridine rings is 1. The van der Waals surface area contributed by atoms with Gasteiger partial charge in [0, 0.05) is 18.6 Å². The van der Waals surface area contributed by atoms with Crippen molar-refractivity contribution in [3.63, 3.8) is 0 Å². The van der Waals surface area contributed by atoms with Crippen LogP contribution in [0.4, 0.5) is 0 Å². The van der Waals surface area contributed by atoms with Crippen LogP contribution in [0.15, 0.2) is 24.4 Å².